The van der Waals surface area contributed by atoms with Crippen molar-refractivity contribution in [2.45, 2.75) is 13.1 Å². The van der Waals surface area contributed by atoms with Gasteiger partial charge in [0.05, 0.1) is 0 Å². The summed E-state index contributed by atoms with van der Waals surface area (Å²) in [6.45, 7) is 4.42. The smallest absolute Gasteiger partial charge is 1.00 e. The van der Waals surface area contributed by atoms with E-state index in [0.717, 1.165) is 9.52 Å². The maximum Gasteiger partial charge on any atom is 4.00 e. The summed E-state index contributed by atoms with van der Waals surface area (Å²) >= 11 is 0. The van der Waals surface area contributed by atoms with E-state index >= 15 is 0 Å². The molecule has 0 nitrogen and oxygen atoms in total. The van der Waals surface area contributed by atoms with Gasteiger partial charge in [0.2, 0.25) is 0 Å². The van der Waals surface area contributed by atoms with Gasteiger partial charge >= 0.3 is 26.2 Å². The average molecular weight is 319 g/mol. The minimum Gasteiger partial charge on any atom is -1.00 e. The second-order valence-electron chi connectivity index (χ2n) is 2.50. The SMILES string of the molecule is C[SiH]C.[F-].[F-].[Zr+4].c1cc[cH-]c1.c1cc[cH-]c1. The van der Waals surface area contributed by atoms with Gasteiger partial charge in [-0.3, -0.25) is 0 Å². The molecule has 0 spiro atoms. The third-order valence-corrected chi connectivity index (χ3v) is 1.11. The fourth-order valence-electron chi connectivity index (χ4n) is 0.642. The summed E-state index contributed by atoms with van der Waals surface area (Å²) in [4.78, 5) is 0. The van der Waals surface area contributed by atoms with E-state index in [9.17, 15) is 0 Å². The summed E-state index contributed by atoms with van der Waals surface area (Å²) < 4.78 is 0. The first-order valence-electron chi connectivity index (χ1n) is 4.49. The predicted octanol–water partition coefficient (Wildman–Crippen LogP) is -2.66. The van der Waals surface area contributed by atoms with Gasteiger partial charge < -0.3 is 9.41 Å². The Morgan fingerprint density at radius 1 is 0.688 bits per heavy atom. The van der Waals surface area contributed by atoms with Crippen LogP contribution >= 0.6 is 0 Å². The van der Waals surface area contributed by atoms with Crippen LogP contribution in [0.2, 0.25) is 13.1 Å². The molecule has 2 aromatic carbocycles. The Hall–Kier alpha value is -0.340. The Morgan fingerprint density at radius 3 is 0.938 bits per heavy atom. The largest absolute Gasteiger partial charge is 4.00 e. The molecular formula is C12H17F2SiZr. The van der Waals surface area contributed by atoms with Crippen LogP contribution in [0.25, 0.3) is 0 Å². The van der Waals surface area contributed by atoms with E-state index in [1.165, 1.54) is 0 Å². The van der Waals surface area contributed by atoms with Crippen LogP contribution in [0, 0.1) is 0 Å². The minimum atomic E-state index is 0. The standard InChI is InChI=1S/2C5H5.C2H7Si.2FH.Zr/c2*1-2-4-5-3-1;1-3-2;;;/h2*1-5H;3H,1-2H3;2*1H;/q2*-1;;;;+4/p-2. The van der Waals surface area contributed by atoms with Gasteiger partial charge in [0.1, 0.15) is 0 Å². The molecule has 2 aromatic rings. The Bertz CT molecular complexity index is 171. The van der Waals surface area contributed by atoms with Gasteiger partial charge in [0.25, 0.3) is 0 Å². The first-order valence-corrected chi connectivity index (χ1v) is 6.80. The van der Waals surface area contributed by atoms with Crippen molar-refractivity contribution in [3.8, 4) is 0 Å². The summed E-state index contributed by atoms with van der Waals surface area (Å²) in [5, 5.41) is 0. The molecule has 4 heteroatoms. The van der Waals surface area contributed by atoms with Crippen molar-refractivity contribution >= 4 is 9.52 Å². The number of halogens is 2. The molecule has 0 aliphatic rings. The van der Waals surface area contributed by atoms with E-state index in [1.807, 2.05) is 60.7 Å². The monoisotopic (exact) mass is 317 g/mol. The van der Waals surface area contributed by atoms with Gasteiger partial charge in [-0.05, 0) is 0 Å². The second kappa shape index (κ2) is 24.1. The molecule has 0 N–H and O–H groups in total. The molecule has 0 atom stereocenters. The molecule has 0 saturated carbocycles. The normalized spacial score (nSPS) is 6.12. The Morgan fingerprint density at radius 2 is 0.875 bits per heavy atom. The number of hydrogen-bond acceptors (Lipinski definition) is 0. The van der Waals surface area contributed by atoms with E-state index in [2.05, 4.69) is 13.1 Å². The van der Waals surface area contributed by atoms with Crippen molar-refractivity contribution in [2.75, 3.05) is 0 Å². The van der Waals surface area contributed by atoms with Gasteiger partial charge in [0, 0.05) is 9.52 Å². The molecule has 0 aliphatic heterocycles. The molecule has 0 saturated heterocycles. The van der Waals surface area contributed by atoms with Gasteiger partial charge in [-0.2, -0.15) is 36.4 Å². The quantitative estimate of drug-likeness (QED) is 0.367. The van der Waals surface area contributed by atoms with Crippen LogP contribution in [0.3, 0.4) is 0 Å². The molecule has 0 aliphatic carbocycles. The van der Waals surface area contributed by atoms with Crippen LogP contribution < -0.4 is 9.41 Å². The van der Waals surface area contributed by atoms with E-state index in [-0.39, 0.29) is 35.6 Å². The van der Waals surface area contributed by atoms with Crippen molar-refractivity contribution in [2.24, 2.45) is 0 Å². The maximum atomic E-state index is 2.21. The minimum absolute atomic E-state index is 0. The Balaban J connectivity index is -0.0000000638. The zero-order valence-electron chi connectivity index (χ0n) is 9.61. The molecule has 0 aromatic heterocycles. The van der Waals surface area contributed by atoms with Crippen LogP contribution in [-0.2, 0) is 26.2 Å². The van der Waals surface area contributed by atoms with E-state index < -0.39 is 0 Å². The Kier molecular flexibility index (Phi) is 37.2. The molecule has 0 amide bonds. The topological polar surface area (TPSA) is 0 Å². The van der Waals surface area contributed by atoms with Crippen LogP contribution in [-0.4, -0.2) is 9.52 Å². The van der Waals surface area contributed by atoms with Crippen molar-refractivity contribution in [3.05, 3.63) is 60.7 Å². The zero-order valence-corrected chi connectivity index (χ0v) is 13.2. The van der Waals surface area contributed by atoms with Crippen molar-refractivity contribution in [1.82, 2.24) is 0 Å². The molecule has 0 unspecified atom stereocenters. The van der Waals surface area contributed by atoms with Gasteiger partial charge in [-0.25, -0.2) is 24.3 Å². The van der Waals surface area contributed by atoms with Crippen molar-refractivity contribution < 1.29 is 35.6 Å². The summed E-state index contributed by atoms with van der Waals surface area (Å²) in [6.07, 6.45) is 0. The predicted molar refractivity (Wildman–Crippen MR) is 62.9 cm³/mol. The maximum absolute atomic E-state index is 2.21. The summed E-state index contributed by atoms with van der Waals surface area (Å²) in [6, 6.07) is 20.0. The average Bonchev–Trinajstić information content (AvgIpc) is 2.85. The molecule has 87 valence electrons. The van der Waals surface area contributed by atoms with Gasteiger partial charge in [-0.15, -0.1) is 0 Å². The molecule has 0 fully saturated rings. The van der Waals surface area contributed by atoms with Gasteiger partial charge in [0.15, 0.2) is 0 Å². The van der Waals surface area contributed by atoms with E-state index in [0.29, 0.717) is 0 Å². The second-order valence-corrected chi connectivity index (χ2v) is 3.66. The number of hydrogen-bond donors (Lipinski definition) is 0. The molecule has 16 heavy (non-hydrogen) atoms. The fraction of sp³-hybridized carbons (Fsp3) is 0.167. The van der Waals surface area contributed by atoms with Crippen LogP contribution in [0.1, 0.15) is 0 Å². The first kappa shape index (κ1) is 24.8. The molecule has 2 rings (SSSR count). The third-order valence-electron chi connectivity index (χ3n) is 1.11. The van der Waals surface area contributed by atoms with Crippen LogP contribution in [0.4, 0.5) is 0 Å². The fourth-order valence-corrected chi connectivity index (χ4v) is 0.642. The summed E-state index contributed by atoms with van der Waals surface area (Å²) in [5.41, 5.74) is 0. The Labute approximate surface area is 118 Å². The van der Waals surface area contributed by atoms with E-state index in [1.54, 1.807) is 0 Å². The van der Waals surface area contributed by atoms with Crippen LogP contribution in [0.5, 0.6) is 0 Å². The summed E-state index contributed by atoms with van der Waals surface area (Å²) in [5.74, 6) is 0. The van der Waals surface area contributed by atoms with Crippen LogP contribution in [0.15, 0.2) is 60.7 Å². The molecule has 0 heterocycles. The van der Waals surface area contributed by atoms with Crippen molar-refractivity contribution in [3.63, 3.8) is 0 Å². The molecule has 1 radical (unpaired) electrons. The first-order chi connectivity index (χ1) is 6.41. The molecular weight excluding hydrogens is 301 g/mol. The third kappa shape index (κ3) is 23.5. The van der Waals surface area contributed by atoms with Gasteiger partial charge in [-0.1, -0.05) is 13.1 Å². The van der Waals surface area contributed by atoms with Crippen molar-refractivity contribution in [1.29, 1.82) is 0 Å². The van der Waals surface area contributed by atoms with E-state index in [4.69, 9.17) is 0 Å². The zero-order chi connectivity index (χ0) is 9.78. The summed E-state index contributed by atoms with van der Waals surface area (Å²) in [7, 11) is 0.750. The number of rotatable bonds is 0. The molecule has 0 bridgehead atoms.